The van der Waals surface area contributed by atoms with Crippen LogP contribution in [-0.4, -0.2) is 46.9 Å². The van der Waals surface area contributed by atoms with E-state index in [-0.39, 0.29) is 11.9 Å². The molecule has 1 N–H and O–H groups in total. The molecule has 1 aromatic heterocycles. The van der Waals surface area contributed by atoms with E-state index in [4.69, 9.17) is 0 Å². The minimum absolute atomic E-state index is 0.126. The van der Waals surface area contributed by atoms with Crippen LogP contribution in [0.1, 0.15) is 38.3 Å². The number of rotatable bonds is 4. The molecule has 3 rings (SSSR count). The van der Waals surface area contributed by atoms with Gasteiger partial charge in [0.05, 0.1) is 0 Å². The van der Waals surface area contributed by atoms with Crippen molar-refractivity contribution < 1.29 is 9.59 Å². The van der Waals surface area contributed by atoms with Gasteiger partial charge in [0.15, 0.2) is 0 Å². The molecule has 0 spiro atoms. The summed E-state index contributed by atoms with van der Waals surface area (Å²) < 4.78 is 0. The average molecular weight is 307 g/mol. The first-order chi connectivity index (χ1) is 9.99. The molecule has 1 atom stereocenters. The van der Waals surface area contributed by atoms with Gasteiger partial charge in [0.2, 0.25) is 0 Å². The van der Waals surface area contributed by atoms with Crippen molar-refractivity contribution in [2.45, 2.75) is 38.3 Å². The van der Waals surface area contributed by atoms with Crippen LogP contribution in [-0.2, 0) is 4.79 Å². The number of imide groups is 1. The molecule has 1 aromatic rings. The van der Waals surface area contributed by atoms with Crippen LogP contribution in [0.15, 0.2) is 16.8 Å². The number of thiophene rings is 1. The molecule has 3 amide bonds. The number of carbonyl (C=O) groups excluding carboxylic acids is 2. The van der Waals surface area contributed by atoms with Crippen molar-refractivity contribution in [2.75, 3.05) is 19.6 Å². The molecule has 0 saturated carbocycles. The van der Waals surface area contributed by atoms with Gasteiger partial charge in [-0.25, -0.2) is 4.79 Å². The lowest BCUT2D eigenvalue weighted by atomic mass is 10.1. The van der Waals surface area contributed by atoms with Gasteiger partial charge < -0.3 is 5.32 Å². The molecular formula is C15H21N3O2S. The molecule has 0 aromatic carbocycles. The summed E-state index contributed by atoms with van der Waals surface area (Å²) >= 11 is 1.72. The molecule has 5 nitrogen and oxygen atoms in total. The highest BCUT2D eigenvalue weighted by Crippen LogP contribution is 2.32. The Morgan fingerprint density at radius 1 is 1.38 bits per heavy atom. The third-order valence-electron chi connectivity index (χ3n) is 4.35. The molecular weight excluding hydrogens is 286 g/mol. The van der Waals surface area contributed by atoms with E-state index in [1.54, 1.807) is 25.2 Å². The van der Waals surface area contributed by atoms with E-state index in [1.807, 2.05) is 0 Å². The summed E-state index contributed by atoms with van der Waals surface area (Å²) in [5, 5.41) is 7.02. The van der Waals surface area contributed by atoms with Crippen molar-refractivity contribution in [3.05, 3.63) is 22.4 Å². The molecule has 2 fully saturated rings. The number of carbonyl (C=O) groups is 2. The maximum Gasteiger partial charge on any atom is 0.325 e. The zero-order chi connectivity index (χ0) is 15.0. The molecule has 6 heteroatoms. The number of nitrogens with zero attached hydrogens (tertiary/aromatic N) is 2. The Morgan fingerprint density at radius 3 is 2.81 bits per heavy atom. The Balaban J connectivity index is 1.63. The van der Waals surface area contributed by atoms with E-state index in [1.165, 1.54) is 16.9 Å². The maximum absolute atomic E-state index is 12.2. The van der Waals surface area contributed by atoms with E-state index >= 15 is 0 Å². The molecule has 2 saturated heterocycles. The number of hydrogen-bond acceptors (Lipinski definition) is 4. The highest BCUT2D eigenvalue weighted by molar-refractivity contribution is 7.07. The second-order valence-electron chi connectivity index (χ2n) is 6.26. The first kappa shape index (κ1) is 14.5. The zero-order valence-electron chi connectivity index (χ0n) is 12.5. The van der Waals surface area contributed by atoms with Gasteiger partial charge >= 0.3 is 6.03 Å². The van der Waals surface area contributed by atoms with Crippen molar-refractivity contribution in [1.29, 1.82) is 0 Å². The Hall–Kier alpha value is -1.40. The molecule has 2 aliphatic heterocycles. The van der Waals surface area contributed by atoms with E-state index in [2.05, 4.69) is 27.0 Å². The molecule has 0 unspecified atom stereocenters. The second-order valence-corrected chi connectivity index (χ2v) is 7.04. The summed E-state index contributed by atoms with van der Waals surface area (Å²) in [5.74, 6) is -0.126. The fourth-order valence-electron chi connectivity index (χ4n) is 3.19. The van der Waals surface area contributed by atoms with E-state index in [9.17, 15) is 9.59 Å². The SMILES string of the molecule is CC1(C)NC(=O)N(CCN2CCC[C@@H]2c2ccsc2)C1=O. The van der Waals surface area contributed by atoms with Crippen molar-refractivity contribution >= 4 is 23.3 Å². The average Bonchev–Trinajstić information content (AvgIpc) is 3.10. The fraction of sp³-hybridized carbons (Fsp3) is 0.600. The largest absolute Gasteiger partial charge is 0.325 e. The van der Waals surface area contributed by atoms with E-state index in [0.717, 1.165) is 19.5 Å². The lowest BCUT2D eigenvalue weighted by Gasteiger charge is -2.26. The van der Waals surface area contributed by atoms with E-state index in [0.29, 0.717) is 12.6 Å². The predicted molar refractivity (Wildman–Crippen MR) is 82.2 cm³/mol. The normalized spacial score (nSPS) is 25.6. The number of amides is 3. The summed E-state index contributed by atoms with van der Waals surface area (Å²) in [5.41, 5.74) is 0.588. The van der Waals surface area contributed by atoms with Crippen molar-refractivity contribution in [2.24, 2.45) is 0 Å². The Bertz CT molecular complexity index is 541. The van der Waals surface area contributed by atoms with Crippen LogP contribution >= 0.6 is 11.3 Å². The van der Waals surface area contributed by atoms with Gasteiger partial charge in [0.1, 0.15) is 5.54 Å². The summed E-state index contributed by atoms with van der Waals surface area (Å²) in [6, 6.07) is 2.34. The minimum Gasteiger partial charge on any atom is -0.324 e. The fourth-order valence-corrected chi connectivity index (χ4v) is 3.89. The lowest BCUT2D eigenvalue weighted by molar-refractivity contribution is -0.130. The van der Waals surface area contributed by atoms with Crippen LogP contribution in [0.25, 0.3) is 0 Å². The Morgan fingerprint density at radius 2 is 2.19 bits per heavy atom. The lowest BCUT2D eigenvalue weighted by Crippen LogP contribution is -2.41. The van der Waals surface area contributed by atoms with Crippen LogP contribution in [0.3, 0.4) is 0 Å². The van der Waals surface area contributed by atoms with Crippen molar-refractivity contribution in [3.63, 3.8) is 0 Å². The number of hydrogen-bond donors (Lipinski definition) is 1. The number of nitrogens with one attached hydrogen (secondary N) is 1. The highest BCUT2D eigenvalue weighted by atomic mass is 32.1. The van der Waals surface area contributed by atoms with E-state index < -0.39 is 5.54 Å². The Labute approximate surface area is 128 Å². The highest BCUT2D eigenvalue weighted by Gasteiger charge is 2.44. The molecule has 114 valence electrons. The minimum atomic E-state index is -0.769. The van der Waals surface area contributed by atoms with Gasteiger partial charge in [0.25, 0.3) is 5.91 Å². The third kappa shape index (κ3) is 2.70. The van der Waals surface area contributed by atoms with Crippen molar-refractivity contribution in [1.82, 2.24) is 15.1 Å². The molecule has 21 heavy (non-hydrogen) atoms. The van der Waals surface area contributed by atoms with Gasteiger partial charge in [-0.05, 0) is 55.6 Å². The smallest absolute Gasteiger partial charge is 0.324 e. The summed E-state index contributed by atoms with van der Waals surface area (Å²) in [7, 11) is 0. The monoisotopic (exact) mass is 307 g/mol. The van der Waals surface area contributed by atoms with Gasteiger partial charge in [-0.3, -0.25) is 14.6 Å². The molecule has 0 bridgehead atoms. The first-order valence-electron chi connectivity index (χ1n) is 7.39. The van der Waals surface area contributed by atoms with Gasteiger partial charge in [0, 0.05) is 19.1 Å². The number of urea groups is 1. The molecule has 3 heterocycles. The topological polar surface area (TPSA) is 52.7 Å². The summed E-state index contributed by atoms with van der Waals surface area (Å²) in [6.07, 6.45) is 2.33. The summed E-state index contributed by atoms with van der Waals surface area (Å²) in [6.45, 7) is 5.74. The van der Waals surface area contributed by atoms with Crippen molar-refractivity contribution in [3.8, 4) is 0 Å². The van der Waals surface area contributed by atoms with Crippen LogP contribution in [0.2, 0.25) is 0 Å². The van der Waals surface area contributed by atoms with Crippen LogP contribution < -0.4 is 5.32 Å². The zero-order valence-corrected chi connectivity index (χ0v) is 13.3. The second kappa shape index (κ2) is 5.42. The molecule has 0 aliphatic carbocycles. The molecule has 0 radical (unpaired) electrons. The van der Waals surface area contributed by atoms with Crippen LogP contribution in [0, 0.1) is 0 Å². The quantitative estimate of drug-likeness (QED) is 0.868. The first-order valence-corrected chi connectivity index (χ1v) is 8.33. The van der Waals surface area contributed by atoms with Crippen LogP contribution in [0.4, 0.5) is 4.79 Å². The Kier molecular flexibility index (Phi) is 3.75. The van der Waals surface area contributed by atoms with Crippen LogP contribution in [0.5, 0.6) is 0 Å². The van der Waals surface area contributed by atoms with Gasteiger partial charge in [-0.15, -0.1) is 0 Å². The maximum atomic E-state index is 12.2. The van der Waals surface area contributed by atoms with Gasteiger partial charge in [-0.1, -0.05) is 0 Å². The molecule has 2 aliphatic rings. The standard InChI is InChI=1S/C15H21N3O2S/c1-15(2)13(19)18(14(20)16-15)8-7-17-6-3-4-12(17)11-5-9-21-10-11/h5,9-10,12H,3-4,6-8H2,1-2H3,(H,16,20)/t12-/m1/s1. The predicted octanol–water partition coefficient (Wildman–Crippen LogP) is 2.22. The number of likely N-dealkylation sites (tertiary alicyclic amines) is 1. The summed E-state index contributed by atoms with van der Waals surface area (Å²) in [4.78, 5) is 27.8. The third-order valence-corrected chi connectivity index (χ3v) is 5.05. The van der Waals surface area contributed by atoms with Gasteiger partial charge in [-0.2, -0.15) is 11.3 Å².